The van der Waals surface area contributed by atoms with Gasteiger partial charge in [0.05, 0.1) is 5.54 Å². The van der Waals surface area contributed by atoms with Gasteiger partial charge in [0.25, 0.3) is 0 Å². The van der Waals surface area contributed by atoms with E-state index in [1.165, 1.54) is 17.5 Å². The maximum Gasteiger partial charge on any atom is 0.0668 e. The Bertz CT molecular complexity index is 635. The van der Waals surface area contributed by atoms with Gasteiger partial charge in [-0.15, -0.1) is 0 Å². The molecule has 0 saturated heterocycles. The molecule has 0 radical (unpaired) electrons. The molecule has 0 aliphatic heterocycles. The lowest BCUT2D eigenvalue weighted by Crippen LogP contribution is -2.38. The van der Waals surface area contributed by atoms with E-state index in [1.807, 2.05) is 13.0 Å². The first-order valence-corrected chi connectivity index (χ1v) is 7.63. The van der Waals surface area contributed by atoms with Gasteiger partial charge in [0, 0.05) is 5.02 Å². The molecule has 0 saturated carbocycles. The average molecular weight is 286 g/mol. The minimum atomic E-state index is -0.412. The fourth-order valence-electron chi connectivity index (χ4n) is 3.20. The molecule has 2 aromatic rings. The molecule has 1 aliphatic rings. The van der Waals surface area contributed by atoms with Crippen molar-refractivity contribution in [2.75, 3.05) is 0 Å². The second kappa shape index (κ2) is 5.23. The van der Waals surface area contributed by atoms with E-state index >= 15 is 0 Å². The summed E-state index contributed by atoms with van der Waals surface area (Å²) in [6, 6.07) is 14.8. The fraction of sp³-hybridized carbons (Fsp3) is 0.333. The smallest absolute Gasteiger partial charge is 0.0668 e. The Kier molecular flexibility index (Phi) is 3.57. The van der Waals surface area contributed by atoms with Crippen LogP contribution in [0.4, 0.5) is 0 Å². The largest absolute Gasteiger partial charge is 0.318 e. The molecule has 104 valence electrons. The molecule has 1 nitrogen and oxygen atoms in total. The van der Waals surface area contributed by atoms with Crippen LogP contribution in [0.3, 0.4) is 0 Å². The normalized spacial score (nSPS) is 22.1. The van der Waals surface area contributed by atoms with Crippen LogP contribution in [0, 0.1) is 6.92 Å². The summed E-state index contributed by atoms with van der Waals surface area (Å²) < 4.78 is 0. The van der Waals surface area contributed by atoms with E-state index in [9.17, 15) is 0 Å². The second-order valence-electron chi connectivity index (χ2n) is 5.80. The highest BCUT2D eigenvalue weighted by Crippen LogP contribution is 2.38. The standard InChI is InChI=1S/C18H20ClN/c1-13-9-10-15(12-17(13)19)18(20)11-5-4-7-14-6-2-3-8-16(14)18/h2-3,6,8-10,12H,4-5,7,11,20H2,1H3. The highest BCUT2D eigenvalue weighted by atomic mass is 35.5. The summed E-state index contributed by atoms with van der Waals surface area (Å²) in [7, 11) is 0. The van der Waals surface area contributed by atoms with Gasteiger partial charge in [-0.05, 0) is 54.5 Å². The number of rotatable bonds is 1. The maximum absolute atomic E-state index is 6.85. The molecule has 0 bridgehead atoms. The van der Waals surface area contributed by atoms with Crippen LogP contribution in [0.15, 0.2) is 42.5 Å². The molecule has 2 aromatic carbocycles. The van der Waals surface area contributed by atoms with Crippen LogP contribution in [0.2, 0.25) is 5.02 Å². The third-order valence-corrected chi connectivity index (χ3v) is 4.86. The van der Waals surface area contributed by atoms with Crippen molar-refractivity contribution in [2.24, 2.45) is 5.73 Å². The lowest BCUT2D eigenvalue weighted by molar-refractivity contribution is 0.479. The van der Waals surface area contributed by atoms with Crippen molar-refractivity contribution in [3.63, 3.8) is 0 Å². The first kappa shape index (κ1) is 13.7. The zero-order chi connectivity index (χ0) is 14.2. The van der Waals surface area contributed by atoms with Crippen molar-refractivity contribution in [3.8, 4) is 0 Å². The Morgan fingerprint density at radius 2 is 1.90 bits per heavy atom. The van der Waals surface area contributed by atoms with Crippen LogP contribution in [0.25, 0.3) is 0 Å². The zero-order valence-electron chi connectivity index (χ0n) is 11.8. The number of hydrogen-bond donors (Lipinski definition) is 1. The van der Waals surface area contributed by atoms with Gasteiger partial charge < -0.3 is 5.73 Å². The first-order valence-electron chi connectivity index (χ1n) is 7.25. The van der Waals surface area contributed by atoms with Gasteiger partial charge in [0.1, 0.15) is 0 Å². The van der Waals surface area contributed by atoms with Gasteiger partial charge >= 0.3 is 0 Å². The summed E-state index contributed by atoms with van der Waals surface area (Å²) in [6.45, 7) is 2.02. The minimum absolute atomic E-state index is 0.412. The number of benzene rings is 2. The van der Waals surface area contributed by atoms with Gasteiger partial charge in [-0.2, -0.15) is 0 Å². The Hall–Kier alpha value is -1.31. The quantitative estimate of drug-likeness (QED) is 0.763. The maximum atomic E-state index is 6.85. The first-order chi connectivity index (χ1) is 9.61. The van der Waals surface area contributed by atoms with E-state index in [4.69, 9.17) is 17.3 Å². The molecule has 3 rings (SSSR count). The van der Waals surface area contributed by atoms with E-state index in [1.54, 1.807) is 0 Å². The van der Waals surface area contributed by atoms with Crippen molar-refractivity contribution in [2.45, 2.75) is 38.1 Å². The lowest BCUT2D eigenvalue weighted by Gasteiger charge is -2.31. The van der Waals surface area contributed by atoms with Crippen LogP contribution in [0.5, 0.6) is 0 Å². The van der Waals surface area contributed by atoms with Crippen LogP contribution in [-0.4, -0.2) is 0 Å². The Balaban J connectivity index is 2.17. The average Bonchev–Trinajstić information content (AvgIpc) is 2.63. The predicted octanol–water partition coefficient (Wildman–Crippen LogP) is 4.58. The van der Waals surface area contributed by atoms with E-state index in [-0.39, 0.29) is 0 Å². The molecule has 1 aliphatic carbocycles. The van der Waals surface area contributed by atoms with Crippen molar-refractivity contribution in [3.05, 3.63) is 69.7 Å². The third kappa shape index (κ3) is 2.25. The van der Waals surface area contributed by atoms with Crippen LogP contribution in [-0.2, 0) is 12.0 Å². The lowest BCUT2D eigenvalue weighted by atomic mass is 9.79. The molecule has 0 fully saturated rings. The summed E-state index contributed by atoms with van der Waals surface area (Å²) in [5.41, 5.74) is 11.3. The molecule has 2 heteroatoms. The second-order valence-corrected chi connectivity index (χ2v) is 6.21. The van der Waals surface area contributed by atoms with Gasteiger partial charge in [-0.1, -0.05) is 54.4 Å². The number of hydrogen-bond acceptors (Lipinski definition) is 1. The van der Waals surface area contributed by atoms with Crippen molar-refractivity contribution in [1.82, 2.24) is 0 Å². The van der Waals surface area contributed by atoms with Gasteiger partial charge in [0.2, 0.25) is 0 Å². The van der Waals surface area contributed by atoms with Crippen molar-refractivity contribution >= 4 is 11.6 Å². The summed E-state index contributed by atoms with van der Waals surface area (Å²) in [6.07, 6.45) is 4.45. The molecule has 2 N–H and O–H groups in total. The topological polar surface area (TPSA) is 26.0 Å². The highest BCUT2D eigenvalue weighted by Gasteiger charge is 2.33. The molecular formula is C18H20ClN. The number of nitrogens with two attached hydrogens (primary N) is 1. The summed E-state index contributed by atoms with van der Waals surface area (Å²) in [5, 5.41) is 0.800. The van der Waals surface area contributed by atoms with E-state index in [2.05, 4.69) is 36.4 Å². The van der Waals surface area contributed by atoms with Gasteiger partial charge in [0.15, 0.2) is 0 Å². The molecule has 1 atom stereocenters. The monoisotopic (exact) mass is 285 g/mol. The van der Waals surface area contributed by atoms with Gasteiger partial charge in [-0.25, -0.2) is 0 Å². The van der Waals surface area contributed by atoms with E-state index in [0.717, 1.165) is 35.4 Å². The SMILES string of the molecule is Cc1ccc(C2(N)CCCCc3ccccc32)cc1Cl. The van der Waals surface area contributed by atoms with Crippen LogP contribution >= 0.6 is 11.6 Å². The van der Waals surface area contributed by atoms with Crippen molar-refractivity contribution in [1.29, 1.82) is 0 Å². The molecular weight excluding hydrogens is 266 g/mol. The molecule has 20 heavy (non-hydrogen) atoms. The minimum Gasteiger partial charge on any atom is -0.318 e. The van der Waals surface area contributed by atoms with Gasteiger partial charge in [-0.3, -0.25) is 0 Å². The molecule has 0 amide bonds. The zero-order valence-corrected chi connectivity index (χ0v) is 12.6. The van der Waals surface area contributed by atoms with E-state index < -0.39 is 5.54 Å². The molecule has 0 aromatic heterocycles. The predicted molar refractivity (Wildman–Crippen MR) is 85.2 cm³/mol. The Morgan fingerprint density at radius 3 is 2.70 bits per heavy atom. The molecule has 0 spiro atoms. The number of halogens is 1. The Morgan fingerprint density at radius 1 is 1.10 bits per heavy atom. The summed E-state index contributed by atoms with van der Waals surface area (Å²) >= 11 is 6.31. The van der Waals surface area contributed by atoms with Crippen molar-refractivity contribution < 1.29 is 0 Å². The molecule has 1 unspecified atom stereocenters. The fourth-order valence-corrected chi connectivity index (χ4v) is 3.38. The molecule has 0 heterocycles. The summed E-state index contributed by atoms with van der Waals surface area (Å²) in [5.74, 6) is 0. The number of aryl methyl sites for hydroxylation is 2. The van der Waals surface area contributed by atoms with Crippen LogP contribution in [0.1, 0.15) is 41.5 Å². The number of fused-ring (bicyclic) bond motifs is 1. The van der Waals surface area contributed by atoms with E-state index in [0.29, 0.717) is 0 Å². The van der Waals surface area contributed by atoms with Crippen LogP contribution < -0.4 is 5.73 Å². The third-order valence-electron chi connectivity index (χ3n) is 4.45. The Labute approximate surface area is 125 Å². The highest BCUT2D eigenvalue weighted by molar-refractivity contribution is 6.31. The summed E-state index contributed by atoms with van der Waals surface area (Å²) in [4.78, 5) is 0.